The molecule has 0 radical (unpaired) electrons. The van der Waals surface area contributed by atoms with E-state index < -0.39 is 0 Å². The number of aryl methyl sites for hydroxylation is 1. The number of aromatic nitrogens is 4. The zero-order chi connectivity index (χ0) is 28.1. The summed E-state index contributed by atoms with van der Waals surface area (Å²) in [5, 5.41) is 16.2. The minimum atomic E-state index is 0.659. The van der Waals surface area contributed by atoms with E-state index in [0.717, 1.165) is 61.7 Å². The standard InChI is InChI=1S/C34H31N5S/c1-6-12-29(26-15-16-40-21-26)30-19-32(37-23(30)5)33-31-18-27(20-35-34(31)39-38-33)24(7-2)17-28(8-3)36-22(4)25-13-10-9-11-14-25/h6-21,36-37H,1,3-4H2,2,5H3,(H,35,38,39)/b24-7+,28-17+,29-12-. The van der Waals surface area contributed by atoms with Crippen LogP contribution < -0.4 is 5.32 Å². The molecule has 0 aliphatic heterocycles. The van der Waals surface area contributed by atoms with Gasteiger partial charge in [0, 0.05) is 39.8 Å². The predicted octanol–water partition coefficient (Wildman–Crippen LogP) is 8.67. The van der Waals surface area contributed by atoms with Crippen LogP contribution in [0, 0.1) is 6.92 Å². The third-order valence-corrected chi connectivity index (χ3v) is 7.38. The molecule has 0 fully saturated rings. The lowest BCUT2D eigenvalue weighted by Gasteiger charge is -2.12. The van der Waals surface area contributed by atoms with E-state index in [1.54, 1.807) is 17.4 Å². The molecule has 0 spiro atoms. The van der Waals surface area contributed by atoms with Gasteiger partial charge in [0.25, 0.3) is 0 Å². The van der Waals surface area contributed by atoms with Crippen molar-refractivity contribution >= 4 is 39.2 Å². The Labute approximate surface area is 238 Å². The number of nitrogens with one attached hydrogen (secondary N) is 3. The molecule has 0 bridgehead atoms. The quantitative estimate of drug-likeness (QED) is 0.155. The fourth-order valence-corrected chi connectivity index (χ4v) is 5.30. The van der Waals surface area contributed by atoms with Crippen LogP contribution in [0.25, 0.3) is 39.3 Å². The van der Waals surface area contributed by atoms with Gasteiger partial charge in [0.1, 0.15) is 0 Å². The van der Waals surface area contributed by atoms with Crippen LogP contribution in [-0.2, 0) is 0 Å². The first-order chi connectivity index (χ1) is 19.5. The average molecular weight is 542 g/mol. The molecule has 1 aromatic carbocycles. The summed E-state index contributed by atoms with van der Waals surface area (Å²) >= 11 is 1.68. The van der Waals surface area contributed by atoms with Gasteiger partial charge in [0.2, 0.25) is 0 Å². The van der Waals surface area contributed by atoms with Gasteiger partial charge in [0.15, 0.2) is 5.65 Å². The van der Waals surface area contributed by atoms with Crippen molar-refractivity contribution in [3.8, 4) is 11.4 Å². The third-order valence-electron chi connectivity index (χ3n) is 6.69. The van der Waals surface area contributed by atoms with Crippen LogP contribution in [0.2, 0.25) is 0 Å². The van der Waals surface area contributed by atoms with E-state index in [2.05, 4.69) is 93.3 Å². The van der Waals surface area contributed by atoms with Crippen LogP contribution in [0.15, 0.2) is 121 Å². The molecule has 0 unspecified atom stereocenters. The van der Waals surface area contributed by atoms with E-state index in [1.165, 1.54) is 5.56 Å². The second-order valence-corrected chi connectivity index (χ2v) is 10.0. The molecule has 6 heteroatoms. The summed E-state index contributed by atoms with van der Waals surface area (Å²) in [5.74, 6) is 0. The molecule has 3 N–H and O–H groups in total. The molecular weight excluding hydrogens is 510 g/mol. The maximum Gasteiger partial charge on any atom is 0.181 e. The van der Waals surface area contributed by atoms with Crippen molar-refractivity contribution in [3.63, 3.8) is 0 Å². The number of hydrogen-bond donors (Lipinski definition) is 3. The molecule has 0 saturated heterocycles. The van der Waals surface area contributed by atoms with E-state index in [0.29, 0.717) is 5.65 Å². The van der Waals surface area contributed by atoms with Crippen molar-refractivity contribution < 1.29 is 0 Å². The van der Waals surface area contributed by atoms with Gasteiger partial charge in [0.05, 0.1) is 11.4 Å². The Morgan fingerprint density at radius 3 is 2.58 bits per heavy atom. The lowest BCUT2D eigenvalue weighted by molar-refractivity contribution is 1.09. The van der Waals surface area contributed by atoms with Gasteiger partial charge in [-0.2, -0.15) is 16.4 Å². The van der Waals surface area contributed by atoms with Crippen LogP contribution in [0.1, 0.15) is 34.9 Å². The Morgan fingerprint density at radius 1 is 1.05 bits per heavy atom. The van der Waals surface area contributed by atoms with E-state index in [9.17, 15) is 0 Å². The van der Waals surface area contributed by atoms with Crippen LogP contribution in [-0.4, -0.2) is 20.2 Å². The Kier molecular flexibility index (Phi) is 7.89. The molecule has 5 nitrogen and oxygen atoms in total. The summed E-state index contributed by atoms with van der Waals surface area (Å²) in [6.45, 7) is 16.2. The van der Waals surface area contributed by atoms with Gasteiger partial charge in [-0.05, 0) is 77.2 Å². The Bertz CT molecular complexity index is 1780. The molecule has 4 aromatic heterocycles. The first kappa shape index (κ1) is 26.7. The van der Waals surface area contributed by atoms with Crippen LogP contribution in [0.4, 0.5) is 0 Å². The highest BCUT2D eigenvalue weighted by Gasteiger charge is 2.17. The molecule has 40 heavy (non-hydrogen) atoms. The van der Waals surface area contributed by atoms with Crippen molar-refractivity contribution in [1.82, 2.24) is 25.5 Å². The van der Waals surface area contributed by atoms with Gasteiger partial charge in [-0.1, -0.05) is 68.3 Å². The largest absolute Gasteiger partial charge is 0.357 e. The first-order valence-electron chi connectivity index (χ1n) is 12.9. The summed E-state index contributed by atoms with van der Waals surface area (Å²) in [6.07, 6.45) is 11.6. The summed E-state index contributed by atoms with van der Waals surface area (Å²) in [6, 6.07) is 16.4. The number of thiophene rings is 1. The molecule has 198 valence electrons. The number of H-pyrrole nitrogens is 2. The third kappa shape index (κ3) is 5.44. The second-order valence-electron chi connectivity index (χ2n) is 9.26. The van der Waals surface area contributed by atoms with Crippen molar-refractivity contribution in [2.24, 2.45) is 0 Å². The van der Waals surface area contributed by atoms with Crippen molar-refractivity contribution in [2.75, 3.05) is 0 Å². The van der Waals surface area contributed by atoms with Gasteiger partial charge in [-0.3, -0.25) is 5.10 Å². The smallest absolute Gasteiger partial charge is 0.181 e. The number of rotatable bonds is 10. The van der Waals surface area contributed by atoms with Gasteiger partial charge >= 0.3 is 0 Å². The molecule has 4 heterocycles. The lowest BCUT2D eigenvalue weighted by atomic mass is 9.99. The van der Waals surface area contributed by atoms with E-state index >= 15 is 0 Å². The summed E-state index contributed by atoms with van der Waals surface area (Å²) < 4.78 is 0. The minimum Gasteiger partial charge on any atom is -0.357 e. The molecule has 0 aliphatic rings. The topological polar surface area (TPSA) is 69.4 Å². The number of pyridine rings is 1. The molecule has 5 rings (SSSR count). The van der Waals surface area contributed by atoms with Crippen molar-refractivity contribution in [3.05, 3.63) is 149 Å². The van der Waals surface area contributed by atoms with Crippen molar-refractivity contribution in [2.45, 2.75) is 13.8 Å². The van der Waals surface area contributed by atoms with E-state index in [-0.39, 0.29) is 0 Å². The molecule has 0 atom stereocenters. The number of hydrogen-bond acceptors (Lipinski definition) is 4. The van der Waals surface area contributed by atoms with Crippen LogP contribution in [0.5, 0.6) is 0 Å². The predicted molar refractivity (Wildman–Crippen MR) is 171 cm³/mol. The lowest BCUT2D eigenvalue weighted by Crippen LogP contribution is -2.09. The maximum atomic E-state index is 4.66. The highest BCUT2D eigenvalue weighted by atomic mass is 32.1. The first-order valence-corrected chi connectivity index (χ1v) is 13.9. The zero-order valence-electron chi connectivity index (χ0n) is 22.7. The van der Waals surface area contributed by atoms with Crippen molar-refractivity contribution in [1.29, 1.82) is 0 Å². The number of aromatic amines is 2. The van der Waals surface area contributed by atoms with Crippen LogP contribution >= 0.6 is 11.3 Å². The number of fused-ring (bicyclic) bond motifs is 1. The zero-order valence-corrected chi connectivity index (χ0v) is 23.5. The molecular formula is C34H31N5S. The summed E-state index contributed by atoms with van der Waals surface area (Å²) in [5.41, 5.74) is 11.6. The normalized spacial score (nSPS) is 12.5. The maximum absolute atomic E-state index is 4.66. The molecule has 5 aromatic rings. The minimum absolute atomic E-state index is 0.659. The number of allylic oxidation sites excluding steroid dienone is 6. The summed E-state index contributed by atoms with van der Waals surface area (Å²) in [7, 11) is 0. The molecule has 0 saturated carbocycles. The second kappa shape index (κ2) is 11.8. The molecule has 0 amide bonds. The summed E-state index contributed by atoms with van der Waals surface area (Å²) in [4.78, 5) is 8.21. The Balaban J connectivity index is 1.49. The number of benzene rings is 1. The SMILES string of the molecule is C=C/C=C(/c1ccsc1)c1cc(-c2[nH]nc3ncc(C(/C=C(\C=C)NC(=C)c4ccccc4)=C/C)cc23)[nH]c1C. The molecule has 0 aliphatic carbocycles. The van der Waals surface area contributed by atoms with Gasteiger partial charge < -0.3 is 10.3 Å². The highest BCUT2D eigenvalue weighted by Crippen LogP contribution is 2.34. The Hall–Kier alpha value is -4.94. The monoisotopic (exact) mass is 541 g/mol. The van der Waals surface area contributed by atoms with Gasteiger partial charge in [-0.25, -0.2) is 4.98 Å². The fourth-order valence-electron chi connectivity index (χ4n) is 4.65. The Morgan fingerprint density at radius 2 is 1.88 bits per heavy atom. The van der Waals surface area contributed by atoms with Crippen LogP contribution in [0.3, 0.4) is 0 Å². The van der Waals surface area contributed by atoms with Gasteiger partial charge in [-0.15, -0.1) is 0 Å². The fraction of sp³-hybridized carbons (Fsp3) is 0.0588. The van der Waals surface area contributed by atoms with E-state index in [4.69, 9.17) is 0 Å². The highest BCUT2D eigenvalue weighted by molar-refractivity contribution is 7.08. The average Bonchev–Trinajstić information content (AvgIpc) is 3.74. The number of nitrogens with zero attached hydrogens (tertiary/aromatic N) is 2. The van der Waals surface area contributed by atoms with E-state index in [1.807, 2.05) is 55.6 Å².